The summed E-state index contributed by atoms with van der Waals surface area (Å²) in [5.74, 6) is 0.177. The second-order valence-corrected chi connectivity index (χ2v) is 7.47. The highest BCUT2D eigenvalue weighted by Gasteiger charge is 2.18. The number of carbonyl (C=O) groups is 3. The van der Waals surface area contributed by atoms with Gasteiger partial charge in [-0.1, -0.05) is 17.7 Å². The molecule has 0 aliphatic heterocycles. The summed E-state index contributed by atoms with van der Waals surface area (Å²) in [6.07, 6.45) is 0. The van der Waals surface area contributed by atoms with Crippen LogP contribution in [0.2, 0.25) is 0 Å². The molecule has 0 saturated heterocycles. The molecule has 7 nitrogen and oxygen atoms in total. The van der Waals surface area contributed by atoms with Crippen LogP contribution in [0.25, 0.3) is 0 Å². The van der Waals surface area contributed by atoms with Crippen molar-refractivity contribution in [3.8, 4) is 0 Å². The number of hydrogen-bond acceptors (Lipinski definition) is 5. The van der Waals surface area contributed by atoms with E-state index in [1.54, 1.807) is 26.8 Å². The van der Waals surface area contributed by atoms with E-state index in [4.69, 9.17) is 4.42 Å². The summed E-state index contributed by atoms with van der Waals surface area (Å²) < 4.78 is 5.29. The molecular weight excluding hydrogens is 366 g/mol. The van der Waals surface area contributed by atoms with Crippen molar-refractivity contribution in [3.63, 3.8) is 0 Å². The van der Waals surface area contributed by atoms with E-state index >= 15 is 0 Å². The Bertz CT molecular complexity index is 830. The van der Waals surface area contributed by atoms with E-state index in [1.165, 1.54) is 11.8 Å². The molecule has 0 spiro atoms. The maximum Gasteiger partial charge on any atom is 0.273 e. The molecular formula is C19H23N3O4S. The number of hydrogen-bond donors (Lipinski definition) is 3. The smallest absolute Gasteiger partial charge is 0.273 e. The summed E-state index contributed by atoms with van der Waals surface area (Å²) in [4.78, 5) is 36.1. The molecule has 0 aliphatic carbocycles. The van der Waals surface area contributed by atoms with Gasteiger partial charge in [0.05, 0.1) is 16.6 Å². The fourth-order valence-electron chi connectivity index (χ4n) is 2.25. The third kappa shape index (κ3) is 6.18. The molecule has 3 N–H and O–H groups in total. The molecule has 0 radical (unpaired) electrons. The SMILES string of the molecule is Cc1ccc(NC(=O)CS[C@@H](C)C(=O)NNC(=O)c2cc(C)oc2C)cc1. The number of anilines is 1. The summed E-state index contributed by atoms with van der Waals surface area (Å²) in [7, 11) is 0. The molecule has 0 fully saturated rings. The van der Waals surface area contributed by atoms with Crippen LogP contribution in [0.15, 0.2) is 34.7 Å². The Morgan fingerprint density at radius 1 is 1.07 bits per heavy atom. The Kier molecular flexibility index (Phi) is 7.06. The second-order valence-electron chi connectivity index (χ2n) is 6.14. The first-order chi connectivity index (χ1) is 12.8. The third-order valence-electron chi connectivity index (χ3n) is 3.75. The molecule has 27 heavy (non-hydrogen) atoms. The molecule has 1 aromatic carbocycles. The third-order valence-corrected chi connectivity index (χ3v) is 4.90. The molecule has 144 valence electrons. The lowest BCUT2D eigenvalue weighted by molar-refractivity contribution is -0.121. The van der Waals surface area contributed by atoms with Gasteiger partial charge in [0.15, 0.2) is 0 Å². The lowest BCUT2D eigenvalue weighted by Gasteiger charge is -2.12. The van der Waals surface area contributed by atoms with Crippen molar-refractivity contribution in [1.29, 1.82) is 0 Å². The molecule has 8 heteroatoms. The quantitative estimate of drug-likeness (QED) is 0.660. The molecule has 0 unspecified atom stereocenters. The molecule has 0 aliphatic rings. The average Bonchev–Trinajstić information content (AvgIpc) is 2.97. The van der Waals surface area contributed by atoms with Crippen molar-refractivity contribution in [2.75, 3.05) is 11.1 Å². The molecule has 0 saturated carbocycles. The van der Waals surface area contributed by atoms with Crippen LogP contribution < -0.4 is 16.2 Å². The minimum absolute atomic E-state index is 0.121. The van der Waals surface area contributed by atoms with Crippen molar-refractivity contribution in [1.82, 2.24) is 10.9 Å². The predicted molar refractivity (Wildman–Crippen MR) is 106 cm³/mol. The van der Waals surface area contributed by atoms with Gasteiger partial charge < -0.3 is 9.73 Å². The highest BCUT2D eigenvalue weighted by Crippen LogP contribution is 2.14. The number of thioether (sulfide) groups is 1. The fraction of sp³-hybridized carbons (Fsp3) is 0.316. The number of amides is 3. The minimum Gasteiger partial charge on any atom is -0.466 e. The van der Waals surface area contributed by atoms with Gasteiger partial charge in [0, 0.05) is 5.69 Å². The Morgan fingerprint density at radius 3 is 2.33 bits per heavy atom. The maximum absolute atomic E-state index is 12.1. The van der Waals surface area contributed by atoms with Crippen LogP contribution in [0.5, 0.6) is 0 Å². The normalized spacial score (nSPS) is 11.6. The van der Waals surface area contributed by atoms with Gasteiger partial charge in [-0.05, 0) is 45.9 Å². The van der Waals surface area contributed by atoms with Gasteiger partial charge in [-0.3, -0.25) is 25.2 Å². The van der Waals surface area contributed by atoms with E-state index in [9.17, 15) is 14.4 Å². The molecule has 3 amide bonds. The summed E-state index contributed by atoms with van der Waals surface area (Å²) in [6, 6.07) is 9.06. The van der Waals surface area contributed by atoms with E-state index in [2.05, 4.69) is 16.2 Å². The fourth-order valence-corrected chi connectivity index (χ4v) is 2.94. The zero-order valence-corrected chi connectivity index (χ0v) is 16.5. The van der Waals surface area contributed by atoms with Crippen molar-refractivity contribution in [2.45, 2.75) is 32.9 Å². The van der Waals surface area contributed by atoms with Gasteiger partial charge >= 0.3 is 0 Å². The highest BCUT2D eigenvalue weighted by molar-refractivity contribution is 8.01. The van der Waals surface area contributed by atoms with Gasteiger partial charge in [-0.25, -0.2) is 0 Å². The number of carbonyl (C=O) groups excluding carboxylic acids is 3. The van der Waals surface area contributed by atoms with Crippen molar-refractivity contribution < 1.29 is 18.8 Å². The molecule has 1 aromatic heterocycles. The van der Waals surface area contributed by atoms with Crippen LogP contribution in [0.4, 0.5) is 5.69 Å². The van der Waals surface area contributed by atoms with Crippen LogP contribution in [0.3, 0.4) is 0 Å². The Labute approximate surface area is 162 Å². The maximum atomic E-state index is 12.1. The van der Waals surface area contributed by atoms with Crippen molar-refractivity contribution in [2.24, 2.45) is 0 Å². The van der Waals surface area contributed by atoms with E-state index in [1.807, 2.05) is 31.2 Å². The Morgan fingerprint density at radius 2 is 1.74 bits per heavy atom. The topological polar surface area (TPSA) is 100 Å². The van der Waals surface area contributed by atoms with E-state index in [-0.39, 0.29) is 11.7 Å². The predicted octanol–water partition coefficient (Wildman–Crippen LogP) is 2.73. The van der Waals surface area contributed by atoms with E-state index in [0.29, 0.717) is 22.8 Å². The summed E-state index contributed by atoms with van der Waals surface area (Å²) in [5, 5.41) is 2.26. The van der Waals surface area contributed by atoms with Gasteiger partial charge in [-0.15, -0.1) is 11.8 Å². The summed E-state index contributed by atoms with van der Waals surface area (Å²) in [6.45, 7) is 7.05. The average molecular weight is 389 g/mol. The number of rotatable bonds is 6. The zero-order chi connectivity index (χ0) is 20.0. The van der Waals surface area contributed by atoms with Gasteiger partial charge in [0.1, 0.15) is 11.5 Å². The lowest BCUT2D eigenvalue weighted by atomic mass is 10.2. The van der Waals surface area contributed by atoms with Gasteiger partial charge in [-0.2, -0.15) is 0 Å². The van der Waals surface area contributed by atoms with Crippen molar-refractivity contribution in [3.05, 3.63) is 53.0 Å². The Hall–Kier alpha value is -2.74. The second kappa shape index (κ2) is 9.27. The van der Waals surface area contributed by atoms with Crippen molar-refractivity contribution >= 4 is 35.2 Å². The molecule has 2 rings (SSSR count). The first kappa shape index (κ1) is 20.6. The Balaban J connectivity index is 1.74. The number of nitrogens with one attached hydrogen (secondary N) is 3. The monoisotopic (exact) mass is 389 g/mol. The standard InChI is InChI=1S/C19H23N3O4S/c1-11-5-7-15(8-6-11)20-17(23)10-27-14(4)18(24)21-22-19(25)16-9-12(2)26-13(16)3/h5-9,14H,10H2,1-4H3,(H,20,23)(H,21,24)(H,22,25)/t14-/m0/s1. The van der Waals surface area contributed by atoms with Crippen LogP contribution in [-0.2, 0) is 9.59 Å². The number of aryl methyl sites for hydroxylation is 3. The lowest BCUT2D eigenvalue weighted by Crippen LogP contribution is -2.45. The van der Waals surface area contributed by atoms with E-state index in [0.717, 1.165) is 5.56 Å². The largest absolute Gasteiger partial charge is 0.466 e. The van der Waals surface area contributed by atoms with Crippen LogP contribution in [0.1, 0.15) is 34.4 Å². The zero-order valence-electron chi connectivity index (χ0n) is 15.7. The molecule has 2 aromatic rings. The van der Waals surface area contributed by atoms with Crippen LogP contribution in [-0.4, -0.2) is 28.7 Å². The molecule has 1 heterocycles. The number of hydrazine groups is 1. The highest BCUT2D eigenvalue weighted by atomic mass is 32.2. The summed E-state index contributed by atoms with van der Waals surface area (Å²) >= 11 is 1.18. The van der Waals surface area contributed by atoms with Crippen LogP contribution >= 0.6 is 11.8 Å². The van der Waals surface area contributed by atoms with E-state index < -0.39 is 17.1 Å². The molecule has 1 atom stereocenters. The van der Waals surface area contributed by atoms with Crippen LogP contribution in [0, 0.1) is 20.8 Å². The first-order valence-corrected chi connectivity index (χ1v) is 9.46. The molecule has 0 bridgehead atoms. The first-order valence-electron chi connectivity index (χ1n) is 8.41. The number of benzene rings is 1. The van der Waals surface area contributed by atoms with Gasteiger partial charge in [0.2, 0.25) is 5.91 Å². The summed E-state index contributed by atoms with van der Waals surface area (Å²) in [5.41, 5.74) is 6.90. The van der Waals surface area contributed by atoms with Gasteiger partial charge in [0.25, 0.3) is 11.8 Å². The number of furan rings is 1. The minimum atomic E-state index is -0.513.